The highest BCUT2D eigenvalue weighted by atomic mass is 35.5. The number of benzene rings is 1. The second-order valence-corrected chi connectivity index (χ2v) is 10.9. The summed E-state index contributed by atoms with van der Waals surface area (Å²) in [6, 6.07) is 1.31. The van der Waals surface area contributed by atoms with Gasteiger partial charge in [0, 0.05) is 48.3 Å². The molecule has 2 bridgehead atoms. The summed E-state index contributed by atoms with van der Waals surface area (Å²) in [7, 11) is 1.19. The number of carboxylic acid groups (broad SMARTS) is 1. The van der Waals surface area contributed by atoms with E-state index in [9.17, 15) is 19.1 Å². The third-order valence-electron chi connectivity index (χ3n) is 7.27. The highest BCUT2D eigenvalue weighted by Gasteiger charge is 2.57. The Morgan fingerprint density at radius 3 is 2.79 bits per heavy atom. The molecule has 0 radical (unpaired) electrons. The second kappa shape index (κ2) is 10.3. The van der Waals surface area contributed by atoms with Crippen LogP contribution in [-0.4, -0.2) is 64.4 Å². The van der Waals surface area contributed by atoms with Crippen LogP contribution >= 0.6 is 22.9 Å². The zero-order chi connectivity index (χ0) is 27.2. The number of nitrogens with zero attached hydrogens (tertiary/aromatic N) is 3. The molecule has 8 nitrogen and oxygen atoms in total. The smallest absolute Gasteiger partial charge is 0.338 e. The molecular formula is C25H24ClF3N4O4S. The van der Waals surface area contributed by atoms with E-state index in [1.807, 2.05) is 0 Å². The van der Waals surface area contributed by atoms with Gasteiger partial charge in [-0.2, -0.15) is 0 Å². The Morgan fingerprint density at radius 1 is 1.34 bits per heavy atom. The number of hydrogen-bond acceptors (Lipinski definition) is 8. The highest BCUT2D eigenvalue weighted by Crippen LogP contribution is 2.49. The molecular weight excluding hydrogens is 545 g/mol. The predicted molar refractivity (Wildman–Crippen MR) is 134 cm³/mol. The highest BCUT2D eigenvalue weighted by molar-refractivity contribution is 7.11. The number of rotatable bonds is 7. The zero-order valence-electron chi connectivity index (χ0n) is 20.2. The largest absolute Gasteiger partial charge is 0.481 e. The van der Waals surface area contributed by atoms with Gasteiger partial charge in [0.05, 0.1) is 23.7 Å². The normalized spacial score (nSPS) is 26.6. The molecule has 2 N–H and O–H groups in total. The molecule has 0 saturated carbocycles. The van der Waals surface area contributed by atoms with Crippen molar-refractivity contribution in [2.75, 3.05) is 13.7 Å². The molecule has 3 aliphatic heterocycles. The van der Waals surface area contributed by atoms with Gasteiger partial charge < -0.3 is 15.2 Å². The first kappa shape index (κ1) is 26.6. The fraction of sp³-hybridized carbons (Fsp3) is 0.440. The number of carbonyl (C=O) groups is 2. The summed E-state index contributed by atoms with van der Waals surface area (Å²) in [6.45, 7) is -0.0804. The zero-order valence-corrected chi connectivity index (χ0v) is 21.7. The molecule has 0 aliphatic carbocycles. The molecule has 5 rings (SSSR count). The number of nitrogens with one attached hydrogen (secondary N) is 1. The van der Waals surface area contributed by atoms with E-state index in [1.165, 1.54) is 30.6 Å². The van der Waals surface area contributed by atoms with Crippen LogP contribution in [0.15, 0.2) is 46.0 Å². The standard InChI is InChI=1S/C25H24ClF3N4O4S/c1-37-24(36)19-16(11-33-13-7-12(9-18(34)35)8-17(33)25(28,29)10-13)31-22(23-30-5-6-38-23)32-21(19)14-3-2-4-15(27)20(14)26/h2-6,12-13,17,21H,7-11H2,1H3,(H,31,32)(H,34,35)/t12?,13?,17-,21+/m1/s1. The number of esters is 1. The molecule has 2 unspecified atom stereocenters. The van der Waals surface area contributed by atoms with Crippen LogP contribution in [0.1, 0.15) is 42.3 Å². The summed E-state index contributed by atoms with van der Waals surface area (Å²) in [5.74, 6) is -5.58. The lowest BCUT2D eigenvalue weighted by molar-refractivity contribution is -0.139. The van der Waals surface area contributed by atoms with Gasteiger partial charge in [0.15, 0.2) is 10.8 Å². The topological polar surface area (TPSA) is 104 Å². The molecule has 4 heterocycles. The lowest BCUT2D eigenvalue weighted by Crippen LogP contribution is -2.50. The SMILES string of the molecule is COC(=O)C1=C(CN2C3CC(CC(=O)O)C[C@@H]2C(F)(F)C3)NC(c2nccs2)=N[C@H]1c1cccc(F)c1Cl. The van der Waals surface area contributed by atoms with Gasteiger partial charge in [-0.05, 0) is 24.8 Å². The third kappa shape index (κ3) is 4.92. The molecule has 13 heteroatoms. The average molecular weight is 569 g/mol. The maximum Gasteiger partial charge on any atom is 0.338 e. The monoisotopic (exact) mass is 568 g/mol. The maximum atomic E-state index is 15.1. The number of aromatic nitrogens is 1. The number of carbonyl (C=O) groups excluding carboxylic acids is 1. The molecule has 1 aromatic carbocycles. The Kier molecular flexibility index (Phi) is 7.23. The molecule has 2 fully saturated rings. The molecule has 4 atom stereocenters. The van der Waals surface area contributed by atoms with Crippen molar-refractivity contribution in [2.24, 2.45) is 10.9 Å². The van der Waals surface area contributed by atoms with Crippen LogP contribution < -0.4 is 5.32 Å². The predicted octanol–water partition coefficient (Wildman–Crippen LogP) is 4.42. The Bertz CT molecular complexity index is 1320. The Morgan fingerprint density at radius 2 is 2.13 bits per heavy atom. The number of methoxy groups -OCH3 is 1. The molecule has 2 aromatic rings. The van der Waals surface area contributed by atoms with Crippen molar-refractivity contribution in [3.8, 4) is 0 Å². The molecule has 2 saturated heterocycles. The number of ether oxygens (including phenoxy) is 1. The first-order valence-corrected chi connectivity index (χ1v) is 13.2. The van der Waals surface area contributed by atoms with Crippen molar-refractivity contribution < 1.29 is 32.6 Å². The van der Waals surface area contributed by atoms with Crippen LogP contribution in [0.25, 0.3) is 0 Å². The van der Waals surface area contributed by atoms with Crippen LogP contribution in [0.3, 0.4) is 0 Å². The van der Waals surface area contributed by atoms with E-state index < -0.39 is 48.2 Å². The van der Waals surface area contributed by atoms with E-state index in [1.54, 1.807) is 22.5 Å². The summed E-state index contributed by atoms with van der Waals surface area (Å²) >= 11 is 7.57. The summed E-state index contributed by atoms with van der Waals surface area (Å²) < 4.78 is 49.6. The van der Waals surface area contributed by atoms with Crippen LogP contribution in [0.2, 0.25) is 5.02 Å². The van der Waals surface area contributed by atoms with Crippen molar-refractivity contribution in [3.63, 3.8) is 0 Å². The summed E-state index contributed by atoms with van der Waals surface area (Å²) in [5, 5.41) is 14.3. The lowest BCUT2D eigenvalue weighted by Gasteiger charge is -2.40. The Labute approximate surface area is 225 Å². The molecule has 3 aliphatic rings. The van der Waals surface area contributed by atoms with Crippen molar-refractivity contribution in [2.45, 2.75) is 49.7 Å². The number of fused-ring (bicyclic) bond motifs is 2. The van der Waals surface area contributed by atoms with Crippen molar-refractivity contribution in [1.29, 1.82) is 0 Å². The Balaban J connectivity index is 1.58. The van der Waals surface area contributed by atoms with Crippen LogP contribution in [-0.2, 0) is 14.3 Å². The fourth-order valence-corrected chi connectivity index (χ4v) is 6.52. The van der Waals surface area contributed by atoms with Crippen molar-refractivity contribution in [3.05, 3.63) is 62.5 Å². The van der Waals surface area contributed by atoms with E-state index >= 15 is 8.78 Å². The number of halogens is 4. The average Bonchev–Trinajstić information content (AvgIpc) is 3.44. The van der Waals surface area contributed by atoms with Crippen molar-refractivity contribution >= 4 is 40.7 Å². The molecule has 0 amide bonds. The number of hydrogen-bond donors (Lipinski definition) is 2. The molecule has 38 heavy (non-hydrogen) atoms. The number of thiazole rings is 1. The minimum absolute atomic E-state index is 0.0171. The third-order valence-corrected chi connectivity index (χ3v) is 8.45. The minimum atomic E-state index is -3.02. The number of aliphatic imine (C=N–C) groups is 1. The molecule has 1 aromatic heterocycles. The summed E-state index contributed by atoms with van der Waals surface area (Å²) in [5.41, 5.74) is 0.510. The first-order valence-electron chi connectivity index (χ1n) is 11.9. The van der Waals surface area contributed by atoms with Crippen molar-refractivity contribution in [1.82, 2.24) is 15.2 Å². The number of alkyl halides is 2. The second-order valence-electron chi connectivity index (χ2n) is 9.61. The summed E-state index contributed by atoms with van der Waals surface area (Å²) in [4.78, 5) is 34.9. The first-order chi connectivity index (χ1) is 18.1. The Hall–Kier alpha value is -2.96. The van der Waals surface area contributed by atoms with Gasteiger partial charge >= 0.3 is 11.9 Å². The number of piperidine rings is 1. The quantitative estimate of drug-likeness (QED) is 0.477. The van der Waals surface area contributed by atoms with Crippen LogP contribution in [0.4, 0.5) is 13.2 Å². The van der Waals surface area contributed by atoms with Gasteiger partial charge in [0.25, 0.3) is 5.92 Å². The van der Waals surface area contributed by atoms with E-state index in [-0.39, 0.29) is 53.0 Å². The van der Waals surface area contributed by atoms with E-state index in [0.29, 0.717) is 11.4 Å². The van der Waals surface area contributed by atoms with E-state index in [4.69, 9.17) is 16.3 Å². The van der Waals surface area contributed by atoms with E-state index in [0.717, 1.165) is 0 Å². The maximum absolute atomic E-state index is 15.1. The molecule has 202 valence electrons. The minimum Gasteiger partial charge on any atom is -0.481 e. The van der Waals surface area contributed by atoms with E-state index in [2.05, 4.69) is 15.3 Å². The number of carboxylic acids is 1. The van der Waals surface area contributed by atoms with Gasteiger partial charge in [-0.1, -0.05) is 23.7 Å². The lowest BCUT2D eigenvalue weighted by atomic mass is 9.87. The van der Waals surface area contributed by atoms with Gasteiger partial charge in [-0.3, -0.25) is 14.7 Å². The fourth-order valence-electron chi connectivity index (χ4n) is 5.70. The number of amidine groups is 1. The van der Waals surface area contributed by atoms with Gasteiger partial charge in [-0.25, -0.2) is 22.9 Å². The summed E-state index contributed by atoms with van der Waals surface area (Å²) in [6.07, 6.45) is 1.31. The van der Waals surface area contributed by atoms with Gasteiger partial charge in [0.1, 0.15) is 11.9 Å². The number of aliphatic carboxylic acids is 1. The van der Waals surface area contributed by atoms with Crippen LogP contribution in [0, 0.1) is 11.7 Å². The van der Waals surface area contributed by atoms with Gasteiger partial charge in [0.2, 0.25) is 0 Å². The molecule has 0 spiro atoms. The van der Waals surface area contributed by atoms with Gasteiger partial charge in [-0.15, -0.1) is 11.3 Å². The van der Waals surface area contributed by atoms with Crippen LogP contribution in [0.5, 0.6) is 0 Å².